The van der Waals surface area contributed by atoms with Crippen molar-refractivity contribution in [2.75, 3.05) is 0 Å². The average molecular weight is 266 g/mol. The first-order chi connectivity index (χ1) is 8.68. The predicted octanol–water partition coefficient (Wildman–Crippen LogP) is 3.79. The van der Waals surface area contributed by atoms with Crippen LogP contribution in [0.1, 0.15) is 24.8 Å². The Labute approximate surface area is 111 Å². The monoisotopic (exact) mass is 265 g/mol. The number of nitro groups is 1. The highest BCUT2D eigenvalue weighted by molar-refractivity contribution is 6.21. The second kappa shape index (κ2) is 4.54. The highest BCUT2D eigenvalue weighted by Gasteiger charge is 2.55. The molecule has 3 atom stereocenters. The Bertz CT molecular complexity index is 467. The summed E-state index contributed by atoms with van der Waals surface area (Å²) in [6, 6.07) is 6.94. The van der Waals surface area contributed by atoms with E-state index < -0.39 is 0 Å². The van der Waals surface area contributed by atoms with Crippen molar-refractivity contribution in [3.05, 3.63) is 39.9 Å². The van der Waals surface area contributed by atoms with Crippen molar-refractivity contribution in [1.82, 2.24) is 0 Å². The zero-order valence-electron chi connectivity index (χ0n) is 10.1. The van der Waals surface area contributed by atoms with Gasteiger partial charge in [0.2, 0.25) is 0 Å². The molecule has 96 valence electrons. The van der Waals surface area contributed by atoms with Gasteiger partial charge in [-0.15, -0.1) is 11.6 Å². The van der Waals surface area contributed by atoms with Crippen molar-refractivity contribution in [3.63, 3.8) is 0 Å². The van der Waals surface area contributed by atoms with Crippen LogP contribution in [0.15, 0.2) is 24.3 Å². The fraction of sp³-hybridized carbons (Fsp3) is 0.571. The van der Waals surface area contributed by atoms with E-state index in [-0.39, 0.29) is 16.0 Å². The molecule has 3 unspecified atom stereocenters. The quantitative estimate of drug-likeness (QED) is 0.472. The van der Waals surface area contributed by atoms with Gasteiger partial charge in [0.1, 0.15) is 0 Å². The Morgan fingerprint density at radius 3 is 2.67 bits per heavy atom. The van der Waals surface area contributed by atoms with E-state index in [0.29, 0.717) is 12.3 Å². The molecule has 0 N–H and O–H groups in total. The van der Waals surface area contributed by atoms with Crippen molar-refractivity contribution in [3.8, 4) is 0 Å². The van der Waals surface area contributed by atoms with Crippen molar-refractivity contribution < 1.29 is 4.92 Å². The van der Waals surface area contributed by atoms with Gasteiger partial charge in [0.15, 0.2) is 0 Å². The first kappa shape index (κ1) is 12.0. The average Bonchev–Trinajstić information content (AvgIpc) is 2.84. The first-order valence-electron chi connectivity index (χ1n) is 6.55. The van der Waals surface area contributed by atoms with Crippen molar-refractivity contribution >= 4 is 17.3 Å². The van der Waals surface area contributed by atoms with E-state index in [1.165, 1.54) is 19.3 Å². The van der Waals surface area contributed by atoms with Crippen LogP contribution in [0.5, 0.6) is 0 Å². The van der Waals surface area contributed by atoms with Gasteiger partial charge in [-0.1, -0.05) is 24.6 Å². The third-order valence-corrected chi connectivity index (χ3v) is 4.94. The standard InChI is InChI=1S/C14H16ClNO2/c15-12(14-10-5-3-6-11(10)14)8-9-4-1-2-7-13(9)16(17)18/h1-2,4,7,10-12,14H,3,5-6,8H2. The number of hydrogen-bond donors (Lipinski definition) is 0. The minimum Gasteiger partial charge on any atom is -0.258 e. The minimum absolute atomic E-state index is 0.0569. The van der Waals surface area contributed by atoms with Crippen LogP contribution in [0.3, 0.4) is 0 Å². The molecular formula is C14H16ClNO2. The Balaban J connectivity index is 1.71. The van der Waals surface area contributed by atoms with E-state index in [9.17, 15) is 10.1 Å². The molecule has 2 fully saturated rings. The van der Waals surface area contributed by atoms with E-state index in [2.05, 4.69) is 0 Å². The largest absolute Gasteiger partial charge is 0.272 e. The third-order valence-electron chi connectivity index (χ3n) is 4.49. The lowest BCUT2D eigenvalue weighted by Crippen LogP contribution is -2.11. The number of fused-ring (bicyclic) bond motifs is 1. The van der Waals surface area contributed by atoms with Crippen LogP contribution in [-0.2, 0) is 6.42 Å². The first-order valence-corrected chi connectivity index (χ1v) is 6.98. The van der Waals surface area contributed by atoms with Gasteiger partial charge in [0.25, 0.3) is 5.69 Å². The van der Waals surface area contributed by atoms with Crippen LogP contribution >= 0.6 is 11.6 Å². The maximum absolute atomic E-state index is 10.9. The summed E-state index contributed by atoms with van der Waals surface area (Å²) in [6.07, 6.45) is 4.56. The van der Waals surface area contributed by atoms with E-state index in [0.717, 1.165) is 17.4 Å². The number of para-hydroxylation sites is 1. The van der Waals surface area contributed by atoms with Gasteiger partial charge < -0.3 is 0 Å². The second-order valence-electron chi connectivity index (χ2n) is 5.44. The van der Waals surface area contributed by atoms with Crippen LogP contribution in [0.25, 0.3) is 0 Å². The molecule has 0 heterocycles. The molecule has 1 aromatic rings. The van der Waals surface area contributed by atoms with E-state index in [4.69, 9.17) is 11.6 Å². The summed E-state index contributed by atoms with van der Waals surface area (Å²) in [5.41, 5.74) is 0.974. The van der Waals surface area contributed by atoms with Gasteiger partial charge in [-0.2, -0.15) is 0 Å². The van der Waals surface area contributed by atoms with Gasteiger partial charge in [0.05, 0.1) is 4.92 Å². The molecule has 2 aliphatic rings. The van der Waals surface area contributed by atoms with Gasteiger partial charge in [-0.3, -0.25) is 10.1 Å². The summed E-state index contributed by atoms with van der Waals surface area (Å²) >= 11 is 6.47. The molecule has 3 nitrogen and oxygen atoms in total. The van der Waals surface area contributed by atoms with Crippen LogP contribution in [0.2, 0.25) is 0 Å². The molecule has 1 aromatic carbocycles. The molecule has 0 amide bonds. The third kappa shape index (κ3) is 2.01. The van der Waals surface area contributed by atoms with Crippen molar-refractivity contribution in [1.29, 1.82) is 0 Å². The summed E-state index contributed by atoms with van der Waals surface area (Å²) in [5, 5.41) is 11.0. The van der Waals surface area contributed by atoms with Crippen molar-refractivity contribution in [2.24, 2.45) is 17.8 Å². The molecule has 0 bridgehead atoms. The molecule has 2 saturated carbocycles. The summed E-state index contributed by atoms with van der Waals surface area (Å²) < 4.78 is 0. The molecular weight excluding hydrogens is 250 g/mol. The number of nitro benzene ring substituents is 1. The second-order valence-corrected chi connectivity index (χ2v) is 6.00. The molecule has 0 aromatic heterocycles. The number of alkyl halides is 1. The van der Waals surface area contributed by atoms with Gasteiger partial charge in [-0.05, 0) is 37.0 Å². The Kier molecular flexibility index (Phi) is 3.02. The Morgan fingerprint density at radius 2 is 2.00 bits per heavy atom. The lowest BCUT2D eigenvalue weighted by atomic mass is 10.0. The lowest BCUT2D eigenvalue weighted by Gasteiger charge is -2.11. The van der Waals surface area contributed by atoms with E-state index >= 15 is 0 Å². The molecule has 18 heavy (non-hydrogen) atoms. The van der Waals surface area contributed by atoms with Crippen LogP contribution in [0, 0.1) is 27.9 Å². The molecule has 0 aliphatic heterocycles. The molecule has 0 saturated heterocycles. The molecule has 0 spiro atoms. The minimum atomic E-state index is -0.313. The topological polar surface area (TPSA) is 43.1 Å². The summed E-state index contributed by atoms with van der Waals surface area (Å²) in [4.78, 5) is 10.6. The zero-order chi connectivity index (χ0) is 12.7. The fourth-order valence-corrected chi connectivity index (χ4v) is 4.16. The molecule has 0 radical (unpaired) electrons. The number of nitrogens with zero attached hydrogens (tertiary/aromatic N) is 1. The van der Waals surface area contributed by atoms with Crippen molar-refractivity contribution in [2.45, 2.75) is 31.1 Å². The SMILES string of the molecule is O=[N+]([O-])c1ccccc1CC(Cl)C1C2CCCC21. The molecule has 2 aliphatic carbocycles. The van der Waals surface area contributed by atoms with Gasteiger partial charge in [0, 0.05) is 17.0 Å². The van der Waals surface area contributed by atoms with Gasteiger partial charge in [-0.25, -0.2) is 0 Å². The van der Waals surface area contributed by atoms with Crippen LogP contribution in [0.4, 0.5) is 5.69 Å². The normalized spacial score (nSPS) is 30.8. The highest BCUT2D eigenvalue weighted by Crippen LogP contribution is 2.60. The van der Waals surface area contributed by atoms with Crippen LogP contribution < -0.4 is 0 Å². The highest BCUT2D eigenvalue weighted by atomic mass is 35.5. The van der Waals surface area contributed by atoms with Crippen LogP contribution in [-0.4, -0.2) is 10.3 Å². The molecule has 4 heteroatoms. The molecule has 3 rings (SSSR count). The van der Waals surface area contributed by atoms with Gasteiger partial charge >= 0.3 is 0 Å². The Hall–Kier alpha value is -1.09. The number of rotatable bonds is 4. The summed E-state index contributed by atoms with van der Waals surface area (Å²) in [7, 11) is 0. The Morgan fingerprint density at radius 1 is 1.33 bits per heavy atom. The van der Waals surface area contributed by atoms with E-state index in [1.54, 1.807) is 12.1 Å². The summed E-state index contributed by atoms with van der Waals surface area (Å²) in [5.74, 6) is 2.20. The number of hydrogen-bond acceptors (Lipinski definition) is 2. The fourth-order valence-electron chi connectivity index (χ4n) is 3.62. The number of halogens is 1. The zero-order valence-corrected chi connectivity index (χ0v) is 10.8. The maximum atomic E-state index is 10.9. The number of benzene rings is 1. The predicted molar refractivity (Wildman–Crippen MR) is 70.8 cm³/mol. The summed E-state index contributed by atoms with van der Waals surface area (Å²) in [6.45, 7) is 0. The maximum Gasteiger partial charge on any atom is 0.272 e. The lowest BCUT2D eigenvalue weighted by molar-refractivity contribution is -0.385. The van der Waals surface area contributed by atoms with E-state index in [1.807, 2.05) is 12.1 Å². The smallest absolute Gasteiger partial charge is 0.258 e.